The molecule has 0 atom stereocenters. The molecule has 0 fully saturated rings. The molecule has 0 unspecified atom stereocenters. The van der Waals surface area contributed by atoms with Crippen LogP contribution in [0.1, 0.15) is 25.0 Å². The Kier molecular flexibility index (Phi) is 5.04. The summed E-state index contributed by atoms with van der Waals surface area (Å²) in [7, 11) is 0. The molecule has 40 heavy (non-hydrogen) atoms. The molecule has 0 amide bonds. The third kappa shape index (κ3) is 3.46. The molecule has 5 aromatic carbocycles. The number of nitrogens with zero attached hydrogens (tertiary/aromatic N) is 3. The third-order valence-corrected chi connectivity index (χ3v) is 9.34. The molecular formula is C36H25N3S. The van der Waals surface area contributed by atoms with Crippen LogP contribution in [-0.4, -0.2) is 15.0 Å². The fraction of sp³-hybridized carbons (Fsp3) is 0.0833. The van der Waals surface area contributed by atoms with Crippen LogP contribution < -0.4 is 0 Å². The minimum absolute atomic E-state index is 0.136. The summed E-state index contributed by atoms with van der Waals surface area (Å²) < 4.78 is 2.71. The highest BCUT2D eigenvalue weighted by Crippen LogP contribution is 2.54. The van der Waals surface area contributed by atoms with E-state index in [1.54, 1.807) is 0 Å². The van der Waals surface area contributed by atoms with Gasteiger partial charge in [-0.3, -0.25) is 0 Å². The van der Waals surface area contributed by atoms with Crippen LogP contribution in [0.4, 0.5) is 0 Å². The summed E-state index contributed by atoms with van der Waals surface area (Å²) in [4.78, 5) is 14.8. The lowest BCUT2D eigenvalue weighted by atomic mass is 9.82. The van der Waals surface area contributed by atoms with E-state index in [9.17, 15) is 0 Å². The summed E-state index contributed by atoms with van der Waals surface area (Å²) in [6.07, 6.45) is 0. The maximum atomic E-state index is 4.98. The highest BCUT2D eigenvalue weighted by molar-refractivity contribution is 7.26. The van der Waals surface area contributed by atoms with Gasteiger partial charge in [-0.05, 0) is 28.8 Å². The van der Waals surface area contributed by atoms with E-state index in [-0.39, 0.29) is 5.41 Å². The van der Waals surface area contributed by atoms with Crippen molar-refractivity contribution in [3.63, 3.8) is 0 Å². The quantitative estimate of drug-likeness (QED) is 0.228. The largest absolute Gasteiger partial charge is 0.208 e. The van der Waals surface area contributed by atoms with E-state index in [1.807, 2.05) is 72.0 Å². The lowest BCUT2D eigenvalue weighted by molar-refractivity contribution is 0.661. The van der Waals surface area contributed by atoms with Crippen molar-refractivity contribution in [1.29, 1.82) is 0 Å². The average Bonchev–Trinajstić information content (AvgIpc) is 3.50. The number of thiophene rings is 1. The van der Waals surface area contributed by atoms with Crippen LogP contribution in [0.3, 0.4) is 0 Å². The van der Waals surface area contributed by atoms with E-state index in [2.05, 4.69) is 68.4 Å². The Morgan fingerprint density at radius 3 is 1.80 bits per heavy atom. The number of aromatic nitrogens is 3. The van der Waals surface area contributed by atoms with Gasteiger partial charge in [0.1, 0.15) is 0 Å². The first-order valence-corrected chi connectivity index (χ1v) is 14.4. The van der Waals surface area contributed by atoms with Crippen molar-refractivity contribution >= 4 is 31.5 Å². The Labute approximate surface area is 236 Å². The molecule has 0 aliphatic heterocycles. The van der Waals surface area contributed by atoms with Gasteiger partial charge in [-0.1, -0.05) is 117 Å². The Balaban J connectivity index is 1.33. The lowest BCUT2D eigenvalue weighted by Crippen LogP contribution is -2.15. The van der Waals surface area contributed by atoms with Gasteiger partial charge in [0, 0.05) is 47.8 Å². The zero-order valence-electron chi connectivity index (χ0n) is 22.2. The number of hydrogen-bond donors (Lipinski definition) is 0. The Bertz CT molecular complexity index is 2020. The molecule has 0 radical (unpaired) electrons. The molecule has 0 saturated carbocycles. The summed E-state index contributed by atoms with van der Waals surface area (Å²) in [5, 5.41) is 2.67. The van der Waals surface area contributed by atoms with Crippen molar-refractivity contribution in [2.45, 2.75) is 19.3 Å². The van der Waals surface area contributed by atoms with E-state index in [0.717, 1.165) is 16.7 Å². The van der Waals surface area contributed by atoms with Crippen molar-refractivity contribution in [2.24, 2.45) is 0 Å². The zero-order valence-corrected chi connectivity index (χ0v) is 23.0. The molecule has 0 N–H and O–H groups in total. The summed E-state index contributed by atoms with van der Waals surface area (Å²) in [5.74, 6) is 2.05. The van der Waals surface area contributed by atoms with Gasteiger partial charge < -0.3 is 0 Å². The minimum Gasteiger partial charge on any atom is -0.208 e. The predicted octanol–water partition coefficient (Wildman–Crippen LogP) is 9.55. The summed E-state index contributed by atoms with van der Waals surface area (Å²) in [5.41, 5.74) is 8.19. The predicted molar refractivity (Wildman–Crippen MR) is 167 cm³/mol. The number of fused-ring (bicyclic) bond motifs is 7. The maximum Gasteiger partial charge on any atom is 0.164 e. The van der Waals surface area contributed by atoms with Crippen molar-refractivity contribution < 1.29 is 0 Å². The summed E-state index contributed by atoms with van der Waals surface area (Å²) in [6, 6.07) is 40.4. The van der Waals surface area contributed by atoms with Crippen LogP contribution in [0.2, 0.25) is 0 Å². The molecule has 190 valence electrons. The van der Waals surface area contributed by atoms with Gasteiger partial charge >= 0.3 is 0 Å². The molecule has 7 aromatic rings. The van der Waals surface area contributed by atoms with Crippen molar-refractivity contribution in [2.75, 3.05) is 0 Å². The molecule has 3 nitrogen and oxygen atoms in total. The Morgan fingerprint density at radius 1 is 0.525 bits per heavy atom. The summed E-state index contributed by atoms with van der Waals surface area (Å²) >= 11 is 1.90. The van der Waals surface area contributed by atoms with E-state index in [4.69, 9.17) is 15.0 Å². The number of hydrogen-bond acceptors (Lipinski definition) is 4. The molecule has 4 heteroatoms. The fourth-order valence-corrected chi connectivity index (χ4v) is 7.34. The van der Waals surface area contributed by atoms with Crippen LogP contribution in [0.25, 0.3) is 65.5 Å². The van der Waals surface area contributed by atoms with E-state index in [1.165, 1.54) is 42.4 Å². The van der Waals surface area contributed by atoms with Crippen molar-refractivity contribution in [3.8, 4) is 45.3 Å². The van der Waals surface area contributed by atoms with Gasteiger partial charge in [-0.25, -0.2) is 15.0 Å². The molecule has 0 spiro atoms. The van der Waals surface area contributed by atoms with Crippen LogP contribution in [0.15, 0.2) is 115 Å². The fourth-order valence-electron chi connectivity index (χ4n) is 6.08. The van der Waals surface area contributed by atoms with Crippen molar-refractivity contribution in [3.05, 3.63) is 126 Å². The van der Waals surface area contributed by atoms with E-state index in [0.29, 0.717) is 17.5 Å². The first kappa shape index (κ1) is 23.2. The minimum atomic E-state index is -0.136. The third-order valence-electron chi connectivity index (χ3n) is 8.14. The van der Waals surface area contributed by atoms with E-state index < -0.39 is 0 Å². The van der Waals surface area contributed by atoms with Gasteiger partial charge in [-0.2, -0.15) is 0 Å². The zero-order chi connectivity index (χ0) is 26.8. The first-order chi connectivity index (χ1) is 19.6. The van der Waals surface area contributed by atoms with Gasteiger partial charge in [0.25, 0.3) is 0 Å². The smallest absolute Gasteiger partial charge is 0.164 e. The second kappa shape index (κ2) is 8.67. The molecule has 0 saturated heterocycles. The highest BCUT2D eigenvalue weighted by Gasteiger charge is 2.37. The first-order valence-electron chi connectivity index (χ1n) is 13.5. The monoisotopic (exact) mass is 531 g/mol. The van der Waals surface area contributed by atoms with Crippen LogP contribution >= 0.6 is 11.3 Å². The Morgan fingerprint density at radius 2 is 1.12 bits per heavy atom. The van der Waals surface area contributed by atoms with Gasteiger partial charge in [-0.15, -0.1) is 11.3 Å². The maximum absolute atomic E-state index is 4.98. The van der Waals surface area contributed by atoms with E-state index >= 15 is 0 Å². The van der Waals surface area contributed by atoms with Crippen LogP contribution in [0, 0.1) is 0 Å². The SMILES string of the molecule is CC1(C)c2cc(-c3nc(-c4ccccc4)nc(-c4ccccc4)n3)ccc2-c2c1ccc1c2sc2ccccc21. The number of benzene rings is 5. The molecule has 0 bridgehead atoms. The van der Waals surface area contributed by atoms with Crippen LogP contribution in [0.5, 0.6) is 0 Å². The average molecular weight is 532 g/mol. The molecule has 1 aliphatic rings. The van der Waals surface area contributed by atoms with Gasteiger partial charge in [0.2, 0.25) is 0 Å². The molecule has 2 aromatic heterocycles. The second-order valence-electron chi connectivity index (χ2n) is 10.9. The lowest BCUT2D eigenvalue weighted by Gasteiger charge is -2.22. The Hall–Kier alpha value is -4.67. The van der Waals surface area contributed by atoms with Crippen molar-refractivity contribution in [1.82, 2.24) is 15.0 Å². The molecular weight excluding hydrogens is 506 g/mol. The molecule has 8 rings (SSSR count). The molecule has 1 aliphatic carbocycles. The number of rotatable bonds is 3. The normalized spacial score (nSPS) is 13.4. The standard InChI is InChI=1S/C36H25N3S/c1-36(2)28-20-19-26-25-15-9-10-16-30(25)40-32(26)31(28)27-18-17-24(21-29(27)36)35-38-33(22-11-5-3-6-12-22)37-34(39-35)23-13-7-4-8-14-23/h3-21H,1-2H3. The van der Waals surface area contributed by atoms with Gasteiger partial charge in [0.05, 0.1) is 0 Å². The summed E-state index contributed by atoms with van der Waals surface area (Å²) in [6.45, 7) is 4.66. The second-order valence-corrected chi connectivity index (χ2v) is 11.9. The molecule has 2 heterocycles. The van der Waals surface area contributed by atoms with Crippen LogP contribution in [-0.2, 0) is 5.41 Å². The topological polar surface area (TPSA) is 38.7 Å². The van der Waals surface area contributed by atoms with Gasteiger partial charge in [0.15, 0.2) is 17.5 Å². The highest BCUT2D eigenvalue weighted by atomic mass is 32.1.